The number of piperidine rings is 2. The summed E-state index contributed by atoms with van der Waals surface area (Å²) < 4.78 is 0. The molecule has 25 heavy (non-hydrogen) atoms. The third kappa shape index (κ3) is 3.08. The van der Waals surface area contributed by atoms with Gasteiger partial charge in [-0.15, -0.1) is 0 Å². The molecule has 0 spiro atoms. The Balaban J connectivity index is 1.16. The van der Waals surface area contributed by atoms with Crippen LogP contribution in [0.25, 0.3) is 11.1 Å². The molecule has 1 aliphatic carbocycles. The quantitative estimate of drug-likeness (QED) is 0.919. The van der Waals surface area contributed by atoms with Gasteiger partial charge in [0, 0.05) is 49.7 Å². The van der Waals surface area contributed by atoms with Gasteiger partial charge >= 0.3 is 0 Å². The van der Waals surface area contributed by atoms with Crippen LogP contribution in [0.3, 0.4) is 0 Å². The van der Waals surface area contributed by atoms with E-state index in [-0.39, 0.29) is 0 Å². The molecule has 3 heterocycles. The fourth-order valence-corrected chi connectivity index (χ4v) is 5.00. The van der Waals surface area contributed by atoms with Gasteiger partial charge in [-0.05, 0) is 61.6 Å². The predicted molar refractivity (Wildman–Crippen MR) is 101 cm³/mol. The number of rotatable bonds is 4. The number of nitrogens with zero attached hydrogens (tertiary/aromatic N) is 3. The van der Waals surface area contributed by atoms with Crippen LogP contribution in [0.4, 0.5) is 5.69 Å². The Morgan fingerprint density at radius 2 is 1.84 bits per heavy atom. The maximum absolute atomic E-state index is 4.03. The van der Waals surface area contributed by atoms with Crippen molar-refractivity contribution in [2.24, 2.45) is 11.8 Å². The molecule has 3 fully saturated rings. The summed E-state index contributed by atoms with van der Waals surface area (Å²) in [6.07, 6.45) is 10.8. The van der Waals surface area contributed by atoms with E-state index < -0.39 is 0 Å². The maximum atomic E-state index is 4.03. The molecule has 1 saturated carbocycles. The van der Waals surface area contributed by atoms with Gasteiger partial charge in [0.1, 0.15) is 0 Å². The molecule has 2 aliphatic heterocycles. The van der Waals surface area contributed by atoms with Crippen molar-refractivity contribution in [2.45, 2.75) is 38.1 Å². The van der Waals surface area contributed by atoms with Crippen LogP contribution >= 0.6 is 0 Å². The summed E-state index contributed by atoms with van der Waals surface area (Å²) in [6, 6.07) is 9.80. The fraction of sp³-hybridized carbons (Fsp3) is 0.524. The van der Waals surface area contributed by atoms with E-state index in [0.717, 1.165) is 23.4 Å². The Morgan fingerprint density at radius 3 is 2.48 bits per heavy atom. The van der Waals surface area contributed by atoms with Crippen molar-refractivity contribution in [3.63, 3.8) is 0 Å². The van der Waals surface area contributed by atoms with E-state index in [4.69, 9.17) is 0 Å². The van der Waals surface area contributed by atoms with Crippen molar-refractivity contribution >= 4 is 5.69 Å². The first kappa shape index (κ1) is 15.4. The largest absolute Gasteiger partial charge is 0.372 e. The van der Waals surface area contributed by atoms with Crippen LogP contribution in [0.1, 0.15) is 32.1 Å². The lowest BCUT2D eigenvalue weighted by atomic mass is 9.94. The average molecular weight is 335 g/mol. The van der Waals surface area contributed by atoms with Crippen molar-refractivity contribution in [2.75, 3.05) is 24.5 Å². The minimum atomic E-state index is 0.779. The molecule has 1 N–H and O–H groups in total. The van der Waals surface area contributed by atoms with Crippen LogP contribution < -0.4 is 4.90 Å². The minimum absolute atomic E-state index is 0.779. The molecule has 131 valence electrons. The minimum Gasteiger partial charge on any atom is -0.372 e. The molecular formula is C21H27N4. The van der Waals surface area contributed by atoms with Crippen LogP contribution in [0.2, 0.25) is 0 Å². The molecular weight excluding hydrogens is 308 g/mol. The number of fused-ring (bicyclic) bond motifs is 2. The highest BCUT2D eigenvalue weighted by atomic mass is 15.2. The van der Waals surface area contributed by atoms with Gasteiger partial charge in [-0.2, -0.15) is 5.10 Å². The summed E-state index contributed by atoms with van der Waals surface area (Å²) >= 11 is 0. The van der Waals surface area contributed by atoms with E-state index in [1.54, 1.807) is 0 Å². The number of likely N-dealkylation sites (tertiary alicyclic amines) is 1. The standard InChI is InChI=1S/C21H27N4/c1-4-21-11-17(1)15-25(21)14-16-7-9-24(10-8-16)20-5-2-18(3-6-20)19-12-22-23-13-19/h2-3,5-6,12-14,16-17,21H,1,4,7-11,15H2,(H,22,23). The van der Waals surface area contributed by atoms with Crippen LogP contribution in [0.15, 0.2) is 36.7 Å². The van der Waals surface area contributed by atoms with Gasteiger partial charge in [-0.25, -0.2) is 0 Å². The first-order valence-electron chi connectivity index (χ1n) is 9.80. The van der Waals surface area contributed by atoms with Gasteiger partial charge in [-0.3, -0.25) is 10.00 Å². The Morgan fingerprint density at radius 1 is 1.00 bits per heavy atom. The molecule has 5 rings (SSSR count). The van der Waals surface area contributed by atoms with Crippen molar-refractivity contribution in [3.8, 4) is 11.1 Å². The smallest absolute Gasteiger partial charge is 0.0565 e. The van der Waals surface area contributed by atoms with Crippen molar-refractivity contribution < 1.29 is 0 Å². The van der Waals surface area contributed by atoms with Crippen LogP contribution in [-0.4, -0.2) is 40.8 Å². The molecule has 2 atom stereocenters. The van der Waals surface area contributed by atoms with Crippen LogP contribution in [0, 0.1) is 18.4 Å². The molecule has 2 saturated heterocycles. The highest BCUT2D eigenvalue weighted by Crippen LogP contribution is 2.40. The lowest BCUT2D eigenvalue weighted by Crippen LogP contribution is -2.38. The summed E-state index contributed by atoms with van der Waals surface area (Å²) in [5.41, 5.74) is 3.73. The average Bonchev–Trinajstić information content (AvgIpc) is 3.41. The Labute approximate surface area is 150 Å². The van der Waals surface area contributed by atoms with E-state index in [1.807, 2.05) is 12.4 Å². The van der Waals surface area contributed by atoms with Gasteiger partial charge in [0.05, 0.1) is 6.20 Å². The summed E-state index contributed by atoms with van der Waals surface area (Å²) in [5.74, 6) is 1.77. The second-order valence-electron chi connectivity index (χ2n) is 8.04. The Hall–Kier alpha value is -1.81. The van der Waals surface area contributed by atoms with E-state index in [1.165, 1.54) is 63.0 Å². The van der Waals surface area contributed by atoms with Crippen LogP contribution in [-0.2, 0) is 0 Å². The normalized spacial score (nSPS) is 27.3. The van der Waals surface area contributed by atoms with E-state index in [2.05, 4.69) is 50.8 Å². The van der Waals surface area contributed by atoms with Crippen molar-refractivity contribution in [1.29, 1.82) is 0 Å². The van der Waals surface area contributed by atoms with Gasteiger partial charge in [0.15, 0.2) is 0 Å². The number of hydrogen-bond acceptors (Lipinski definition) is 3. The van der Waals surface area contributed by atoms with Gasteiger partial charge in [0.25, 0.3) is 0 Å². The zero-order chi connectivity index (χ0) is 16.6. The first-order valence-corrected chi connectivity index (χ1v) is 9.80. The molecule has 0 amide bonds. The zero-order valence-electron chi connectivity index (χ0n) is 14.8. The second-order valence-corrected chi connectivity index (χ2v) is 8.04. The van der Waals surface area contributed by atoms with Gasteiger partial charge in [-0.1, -0.05) is 12.1 Å². The topological polar surface area (TPSA) is 35.2 Å². The molecule has 2 unspecified atom stereocenters. The number of aromatic nitrogens is 2. The molecule has 1 radical (unpaired) electrons. The summed E-state index contributed by atoms with van der Waals surface area (Å²) in [7, 11) is 0. The number of aromatic amines is 1. The van der Waals surface area contributed by atoms with E-state index >= 15 is 0 Å². The molecule has 1 aromatic carbocycles. The third-order valence-electron chi connectivity index (χ3n) is 6.46. The Kier molecular flexibility index (Phi) is 4.01. The molecule has 2 bridgehead atoms. The summed E-state index contributed by atoms with van der Waals surface area (Å²) in [4.78, 5) is 5.23. The lowest BCUT2D eigenvalue weighted by molar-refractivity contribution is 0.220. The number of anilines is 1. The van der Waals surface area contributed by atoms with Crippen molar-refractivity contribution in [3.05, 3.63) is 43.2 Å². The number of benzene rings is 1. The summed E-state index contributed by atoms with van der Waals surface area (Å²) in [6.45, 7) is 6.28. The lowest BCUT2D eigenvalue weighted by Gasteiger charge is -2.37. The highest BCUT2D eigenvalue weighted by molar-refractivity contribution is 5.65. The second kappa shape index (κ2) is 6.49. The SMILES string of the molecule is [CH](C1CCN(c2ccc(-c3cn[nH]c3)cc2)CC1)N1CC2CCC1C2. The number of hydrogen-bond donors (Lipinski definition) is 1. The first-order chi connectivity index (χ1) is 12.3. The van der Waals surface area contributed by atoms with Crippen LogP contribution in [0.5, 0.6) is 0 Å². The zero-order valence-corrected chi connectivity index (χ0v) is 14.8. The molecule has 4 heteroatoms. The monoisotopic (exact) mass is 335 g/mol. The van der Waals surface area contributed by atoms with E-state index in [0.29, 0.717) is 0 Å². The molecule has 2 aromatic rings. The predicted octanol–water partition coefficient (Wildman–Crippen LogP) is 3.94. The molecule has 3 aliphatic rings. The third-order valence-corrected chi connectivity index (χ3v) is 6.46. The Bertz CT molecular complexity index is 685. The number of nitrogens with one attached hydrogen (secondary N) is 1. The molecule has 4 nitrogen and oxygen atoms in total. The maximum Gasteiger partial charge on any atom is 0.0565 e. The summed E-state index contributed by atoms with van der Waals surface area (Å²) in [5, 5.41) is 6.92. The molecule has 1 aromatic heterocycles. The van der Waals surface area contributed by atoms with E-state index in [9.17, 15) is 0 Å². The number of H-pyrrole nitrogens is 1. The highest BCUT2D eigenvalue weighted by Gasteiger charge is 2.38. The van der Waals surface area contributed by atoms with Crippen molar-refractivity contribution in [1.82, 2.24) is 15.1 Å². The fourth-order valence-electron chi connectivity index (χ4n) is 5.00. The van der Waals surface area contributed by atoms with Gasteiger partial charge < -0.3 is 4.90 Å². The van der Waals surface area contributed by atoms with Gasteiger partial charge in [0.2, 0.25) is 0 Å².